The molecule has 0 bridgehead atoms. The molecule has 1 aliphatic rings. The Morgan fingerprint density at radius 2 is 2.18 bits per heavy atom. The monoisotopic (exact) mass is 300 g/mol. The third-order valence-electron chi connectivity index (χ3n) is 4.78. The first-order chi connectivity index (χ1) is 10.6. The first-order valence-electron chi connectivity index (χ1n) is 8.05. The van der Waals surface area contributed by atoms with E-state index in [1.165, 1.54) is 0 Å². The van der Waals surface area contributed by atoms with Crippen molar-refractivity contribution < 1.29 is 5.11 Å². The summed E-state index contributed by atoms with van der Waals surface area (Å²) in [4.78, 5) is 17.6. The number of hydrogen-bond donors (Lipinski definition) is 2. The molecule has 2 atom stereocenters. The van der Waals surface area contributed by atoms with Gasteiger partial charge >= 0.3 is 0 Å². The van der Waals surface area contributed by atoms with Gasteiger partial charge in [-0.3, -0.25) is 9.69 Å². The molecular formula is C18H24N2O2. The SMILES string of the molecule is Cc1cccc2c(=O)[nH]c(CCN3CC(C)CC3CO)cc12. The van der Waals surface area contributed by atoms with Crippen molar-refractivity contribution in [3.8, 4) is 0 Å². The van der Waals surface area contributed by atoms with Gasteiger partial charge in [-0.2, -0.15) is 0 Å². The molecular weight excluding hydrogens is 276 g/mol. The van der Waals surface area contributed by atoms with Crippen LogP contribution in [0.4, 0.5) is 0 Å². The molecule has 2 heterocycles. The van der Waals surface area contributed by atoms with Crippen LogP contribution < -0.4 is 5.56 Å². The van der Waals surface area contributed by atoms with Gasteiger partial charge in [0.2, 0.25) is 0 Å². The fraction of sp³-hybridized carbons (Fsp3) is 0.500. The van der Waals surface area contributed by atoms with E-state index in [9.17, 15) is 9.90 Å². The maximum Gasteiger partial charge on any atom is 0.256 e. The van der Waals surface area contributed by atoms with Gasteiger partial charge in [-0.05, 0) is 42.3 Å². The number of pyridine rings is 1. The van der Waals surface area contributed by atoms with Crippen LogP contribution in [-0.4, -0.2) is 40.7 Å². The molecule has 0 aliphatic carbocycles. The quantitative estimate of drug-likeness (QED) is 0.909. The van der Waals surface area contributed by atoms with E-state index in [2.05, 4.69) is 22.9 Å². The highest BCUT2D eigenvalue weighted by atomic mass is 16.3. The fourth-order valence-corrected chi connectivity index (χ4v) is 3.59. The van der Waals surface area contributed by atoms with Crippen molar-refractivity contribution in [2.75, 3.05) is 19.7 Å². The Morgan fingerprint density at radius 1 is 1.36 bits per heavy atom. The summed E-state index contributed by atoms with van der Waals surface area (Å²) >= 11 is 0. The average molecular weight is 300 g/mol. The third-order valence-corrected chi connectivity index (χ3v) is 4.78. The molecule has 0 radical (unpaired) electrons. The minimum atomic E-state index is -0.00954. The molecule has 118 valence electrons. The van der Waals surface area contributed by atoms with E-state index in [4.69, 9.17) is 0 Å². The Bertz CT molecular complexity index is 723. The summed E-state index contributed by atoms with van der Waals surface area (Å²) in [6.45, 7) is 6.39. The molecule has 2 aromatic rings. The number of rotatable bonds is 4. The van der Waals surface area contributed by atoms with E-state index in [-0.39, 0.29) is 18.2 Å². The zero-order chi connectivity index (χ0) is 15.7. The Hall–Kier alpha value is -1.65. The van der Waals surface area contributed by atoms with Gasteiger partial charge in [0.15, 0.2) is 0 Å². The topological polar surface area (TPSA) is 56.3 Å². The zero-order valence-electron chi connectivity index (χ0n) is 13.3. The van der Waals surface area contributed by atoms with Gasteiger partial charge in [-0.15, -0.1) is 0 Å². The summed E-state index contributed by atoms with van der Waals surface area (Å²) < 4.78 is 0. The standard InChI is InChI=1S/C18H24N2O2/c1-12-8-15(11-21)20(10-12)7-6-14-9-17-13(2)4-3-5-16(17)18(22)19-14/h3-5,9,12,15,21H,6-8,10-11H2,1-2H3,(H,19,22). The van der Waals surface area contributed by atoms with E-state index in [0.29, 0.717) is 5.92 Å². The highest BCUT2D eigenvalue weighted by molar-refractivity contribution is 5.84. The molecule has 1 aromatic carbocycles. The molecule has 1 saturated heterocycles. The number of fused-ring (bicyclic) bond motifs is 1. The number of benzene rings is 1. The Balaban J connectivity index is 1.80. The zero-order valence-corrected chi connectivity index (χ0v) is 13.3. The number of likely N-dealkylation sites (tertiary alicyclic amines) is 1. The highest BCUT2D eigenvalue weighted by Gasteiger charge is 2.28. The Kier molecular flexibility index (Phi) is 4.32. The van der Waals surface area contributed by atoms with Crippen LogP contribution >= 0.6 is 0 Å². The van der Waals surface area contributed by atoms with Gasteiger partial charge in [0, 0.05) is 36.6 Å². The fourth-order valence-electron chi connectivity index (χ4n) is 3.59. The van der Waals surface area contributed by atoms with E-state index < -0.39 is 0 Å². The molecule has 2 unspecified atom stereocenters. The first kappa shape index (κ1) is 15.3. The van der Waals surface area contributed by atoms with E-state index in [0.717, 1.165) is 48.0 Å². The minimum Gasteiger partial charge on any atom is -0.395 e. The molecule has 3 rings (SSSR count). The summed E-state index contributed by atoms with van der Waals surface area (Å²) in [5, 5.41) is 11.3. The van der Waals surface area contributed by atoms with Gasteiger partial charge < -0.3 is 10.1 Å². The van der Waals surface area contributed by atoms with Gasteiger partial charge in [-0.1, -0.05) is 19.1 Å². The van der Waals surface area contributed by atoms with Crippen molar-refractivity contribution in [2.45, 2.75) is 32.7 Å². The maximum atomic E-state index is 12.2. The highest BCUT2D eigenvalue weighted by Crippen LogP contribution is 2.23. The summed E-state index contributed by atoms with van der Waals surface area (Å²) in [6.07, 6.45) is 1.87. The van der Waals surface area contributed by atoms with E-state index in [1.807, 2.05) is 25.1 Å². The predicted octanol–water partition coefficient (Wildman–Crippen LogP) is 2.08. The number of aromatic nitrogens is 1. The van der Waals surface area contributed by atoms with Gasteiger partial charge in [0.05, 0.1) is 6.61 Å². The van der Waals surface area contributed by atoms with Crippen LogP contribution in [0.2, 0.25) is 0 Å². The third kappa shape index (κ3) is 2.94. The molecule has 0 amide bonds. The molecule has 0 spiro atoms. The van der Waals surface area contributed by atoms with E-state index >= 15 is 0 Å². The lowest BCUT2D eigenvalue weighted by atomic mass is 10.1. The number of aromatic amines is 1. The Labute approximate surface area is 130 Å². The second kappa shape index (κ2) is 6.23. The van der Waals surface area contributed by atoms with Gasteiger partial charge in [0.1, 0.15) is 0 Å². The van der Waals surface area contributed by atoms with Crippen LogP contribution in [0.5, 0.6) is 0 Å². The summed E-state index contributed by atoms with van der Waals surface area (Å²) in [7, 11) is 0. The van der Waals surface area contributed by atoms with Crippen molar-refractivity contribution in [3.05, 3.63) is 45.9 Å². The maximum absolute atomic E-state index is 12.2. The van der Waals surface area contributed by atoms with Gasteiger partial charge in [-0.25, -0.2) is 0 Å². The number of H-pyrrole nitrogens is 1. The molecule has 22 heavy (non-hydrogen) atoms. The molecule has 1 aliphatic heterocycles. The molecule has 2 N–H and O–H groups in total. The van der Waals surface area contributed by atoms with Crippen LogP contribution in [0.25, 0.3) is 10.8 Å². The van der Waals surface area contributed by atoms with Crippen molar-refractivity contribution in [2.24, 2.45) is 5.92 Å². The molecule has 4 heteroatoms. The van der Waals surface area contributed by atoms with E-state index in [1.54, 1.807) is 0 Å². The van der Waals surface area contributed by atoms with Crippen LogP contribution in [0, 0.1) is 12.8 Å². The average Bonchev–Trinajstić information content (AvgIpc) is 2.86. The lowest BCUT2D eigenvalue weighted by molar-refractivity contribution is 0.160. The van der Waals surface area contributed by atoms with Crippen LogP contribution in [-0.2, 0) is 6.42 Å². The largest absolute Gasteiger partial charge is 0.395 e. The second-order valence-electron chi connectivity index (χ2n) is 6.58. The first-order valence-corrected chi connectivity index (χ1v) is 8.05. The van der Waals surface area contributed by atoms with Gasteiger partial charge in [0.25, 0.3) is 5.56 Å². The molecule has 1 fully saturated rings. The molecule has 4 nitrogen and oxygen atoms in total. The lowest BCUT2D eigenvalue weighted by Crippen LogP contribution is -2.34. The number of aliphatic hydroxyl groups excluding tert-OH is 1. The Morgan fingerprint density at radius 3 is 2.95 bits per heavy atom. The van der Waals surface area contributed by atoms with Crippen molar-refractivity contribution >= 4 is 10.8 Å². The van der Waals surface area contributed by atoms with Crippen LogP contribution in [0.3, 0.4) is 0 Å². The van der Waals surface area contributed by atoms with Crippen molar-refractivity contribution in [1.82, 2.24) is 9.88 Å². The summed E-state index contributed by atoms with van der Waals surface area (Å²) in [5.74, 6) is 0.634. The number of aryl methyl sites for hydroxylation is 1. The number of nitrogens with one attached hydrogen (secondary N) is 1. The van der Waals surface area contributed by atoms with Crippen molar-refractivity contribution in [3.63, 3.8) is 0 Å². The normalized spacial score (nSPS) is 22.5. The van der Waals surface area contributed by atoms with Crippen LogP contribution in [0.1, 0.15) is 24.6 Å². The second-order valence-corrected chi connectivity index (χ2v) is 6.58. The van der Waals surface area contributed by atoms with Crippen molar-refractivity contribution in [1.29, 1.82) is 0 Å². The minimum absolute atomic E-state index is 0.00954. The molecule has 0 saturated carbocycles. The number of nitrogens with zero attached hydrogens (tertiary/aromatic N) is 1. The smallest absolute Gasteiger partial charge is 0.256 e. The lowest BCUT2D eigenvalue weighted by Gasteiger charge is -2.22. The predicted molar refractivity (Wildman–Crippen MR) is 89.2 cm³/mol. The summed E-state index contributed by atoms with van der Waals surface area (Å²) in [6, 6.07) is 8.19. The summed E-state index contributed by atoms with van der Waals surface area (Å²) in [5.41, 5.74) is 2.10. The number of hydrogen-bond acceptors (Lipinski definition) is 3. The molecule has 1 aromatic heterocycles. The van der Waals surface area contributed by atoms with Crippen LogP contribution in [0.15, 0.2) is 29.1 Å². The number of aliphatic hydroxyl groups is 1.